The van der Waals surface area contributed by atoms with Crippen LogP contribution in [-0.4, -0.2) is 30.7 Å². The number of hydrogen-bond donors (Lipinski definition) is 1. The molecule has 0 saturated carbocycles. The van der Waals surface area contributed by atoms with Crippen LogP contribution in [0.3, 0.4) is 0 Å². The number of allylic oxidation sites excluding steroid dienone is 3. The van der Waals surface area contributed by atoms with Crippen LogP contribution in [0.15, 0.2) is 35.2 Å². The molecule has 2 aliphatic heterocycles. The molecule has 18 heavy (non-hydrogen) atoms. The molecule has 1 fully saturated rings. The molecule has 3 rings (SSSR count). The standard InChI is InChI=1S/C13H15F3N2/c14-13(15,16)11-4-6-18-7-5-17-8-9-2-1-3-10(11)12(9)18/h2,4,6,11,17H,1,3,5,7-8H2/t11-/m1/s1. The highest BCUT2D eigenvalue weighted by atomic mass is 19.4. The molecule has 0 aromatic heterocycles. The van der Waals surface area contributed by atoms with Gasteiger partial charge in [0.25, 0.3) is 0 Å². The summed E-state index contributed by atoms with van der Waals surface area (Å²) in [5.74, 6) is -1.40. The Morgan fingerprint density at radius 1 is 1.33 bits per heavy atom. The highest BCUT2D eigenvalue weighted by Crippen LogP contribution is 2.43. The Bertz CT molecular complexity index is 446. The number of alkyl halides is 3. The molecule has 2 heterocycles. The Balaban J connectivity index is 2.06. The lowest BCUT2D eigenvalue weighted by Crippen LogP contribution is -2.33. The van der Waals surface area contributed by atoms with Crippen molar-refractivity contribution in [2.75, 3.05) is 19.6 Å². The van der Waals surface area contributed by atoms with E-state index in [0.717, 1.165) is 24.4 Å². The van der Waals surface area contributed by atoms with Crippen LogP contribution in [0.1, 0.15) is 12.8 Å². The zero-order valence-electron chi connectivity index (χ0n) is 9.93. The van der Waals surface area contributed by atoms with Gasteiger partial charge < -0.3 is 10.2 Å². The van der Waals surface area contributed by atoms with Gasteiger partial charge in [-0.05, 0) is 24.0 Å². The maximum absolute atomic E-state index is 13.1. The van der Waals surface area contributed by atoms with Crippen molar-refractivity contribution in [2.45, 2.75) is 19.0 Å². The van der Waals surface area contributed by atoms with Crippen LogP contribution in [0, 0.1) is 5.92 Å². The molecule has 0 aromatic carbocycles. The second-order valence-corrected chi connectivity index (χ2v) is 4.87. The molecule has 1 saturated heterocycles. The first-order chi connectivity index (χ1) is 8.57. The van der Waals surface area contributed by atoms with E-state index < -0.39 is 12.1 Å². The maximum atomic E-state index is 13.1. The van der Waals surface area contributed by atoms with E-state index in [-0.39, 0.29) is 0 Å². The first-order valence-electron chi connectivity index (χ1n) is 6.22. The van der Waals surface area contributed by atoms with Crippen molar-refractivity contribution >= 4 is 0 Å². The molecule has 0 unspecified atom stereocenters. The Labute approximate surface area is 104 Å². The molecule has 5 heteroatoms. The van der Waals surface area contributed by atoms with Crippen molar-refractivity contribution in [3.63, 3.8) is 0 Å². The molecule has 0 bridgehead atoms. The molecule has 1 N–H and O–H groups in total. The number of halogens is 3. The predicted molar refractivity (Wildman–Crippen MR) is 62.6 cm³/mol. The van der Waals surface area contributed by atoms with Crippen LogP contribution in [0.2, 0.25) is 0 Å². The summed E-state index contributed by atoms with van der Waals surface area (Å²) in [5, 5.41) is 3.25. The lowest BCUT2D eigenvalue weighted by molar-refractivity contribution is -0.153. The molecule has 0 amide bonds. The van der Waals surface area contributed by atoms with Crippen molar-refractivity contribution in [1.82, 2.24) is 10.2 Å². The van der Waals surface area contributed by atoms with Gasteiger partial charge in [-0.1, -0.05) is 12.2 Å². The fourth-order valence-electron chi connectivity index (χ4n) is 2.95. The molecular formula is C13H15F3N2. The minimum atomic E-state index is -4.17. The van der Waals surface area contributed by atoms with Crippen LogP contribution in [0.4, 0.5) is 13.2 Å². The fourth-order valence-corrected chi connectivity index (χ4v) is 2.95. The summed E-state index contributed by atoms with van der Waals surface area (Å²) in [7, 11) is 0. The molecule has 3 aliphatic rings. The van der Waals surface area contributed by atoms with Gasteiger partial charge in [-0.2, -0.15) is 13.2 Å². The summed E-state index contributed by atoms with van der Waals surface area (Å²) in [6.07, 6.45) is 2.02. The third-order valence-electron chi connectivity index (χ3n) is 3.73. The Morgan fingerprint density at radius 2 is 2.17 bits per heavy atom. The molecular weight excluding hydrogens is 241 g/mol. The quantitative estimate of drug-likeness (QED) is 0.716. The summed E-state index contributed by atoms with van der Waals surface area (Å²) >= 11 is 0. The SMILES string of the molecule is FC(F)(F)[C@@H]1C=CN2CCNCC3=CCCC1=C32. The van der Waals surface area contributed by atoms with Gasteiger partial charge in [0, 0.05) is 31.5 Å². The lowest BCUT2D eigenvalue weighted by Gasteiger charge is -2.35. The third kappa shape index (κ3) is 1.86. The van der Waals surface area contributed by atoms with Gasteiger partial charge in [0.15, 0.2) is 0 Å². The van der Waals surface area contributed by atoms with Gasteiger partial charge in [0.2, 0.25) is 0 Å². The number of rotatable bonds is 0. The zero-order valence-corrected chi connectivity index (χ0v) is 9.93. The van der Waals surface area contributed by atoms with Gasteiger partial charge in [0.1, 0.15) is 0 Å². The molecule has 0 radical (unpaired) electrons. The summed E-state index contributed by atoms with van der Waals surface area (Å²) in [6, 6.07) is 0. The van der Waals surface area contributed by atoms with Crippen LogP contribution >= 0.6 is 0 Å². The topological polar surface area (TPSA) is 15.3 Å². The first-order valence-corrected chi connectivity index (χ1v) is 6.22. The Kier molecular flexibility index (Phi) is 2.73. The zero-order chi connectivity index (χ0) is 12.8. The summed E-state index contributed by atoms with van der Waals surface area (Å²) < 4.78 is 39.2. The summed E-state index contributed by atoms with van der Waals surface area (Å²) in [6.45, 7) is 2.21. The smallest absolute Gasteiger partial charge is 0.347 e. The molecule has 98 valence electrons. The molecule has 1 atom stereocenters. The molecule has 0 aromatic rings. The summed E-state index contributed by atoms with van der Waals surface area (Å²) in [5.41, 5.74) is 2.38. The van der Waals surface area contributed by atoms with Crippen molar-refractivity contribution in [3.8, 4) is 0 Å². The predicted octanol–water partition coefficient (Wildman–Crippen LogP) is 2.57. The van der Waals surface area contributed by atoms with Gasteiger partial charge in [0.05, 0.1) is 5.92 Å². The van der Waals surface area contributed by atoms with E-state index in [9.17, 15) is 13.2 Å². The van der Waals surface area contributed by atoms with Gasteiger partial charge >= 0.3 is 6.18 Å². The minimum absolute atomic E-state index is 0.518. The van der Waals surface area contributed by atoms with Crippen molar-refractivity contribution in [2.24, 2.45) is 5.92 Å². The largest absolute Gasteiger partial charge is 0.398 e. The van der Waals surface area contributed by atoms with Gasteiger partial charge in [-0.3, -0.25) is 0 Å². The monoisotopic (exact) mass is 256 g/mol. The second-order valence-electron chi connectivity index (χ2n) is 4.87. The molecule has 1 aliphatic carbocycles. The maximum Gasteiger partial charge on any atom is 0.398 e. The van der Waals surface area contributed by atoms with Gasteiger partial charge in [-0.15, -0.1) is 0 Å². The highest BCUT2D eigenvalue weighted by molar-refractivity contribution is 5.44. The van der Waals surface area contributed by atoms with E-state index in [0.29, 0.717) is 25.0 Å². The van der Waals surface area contributed by atoms with E-state index >= 15 is 0 Å². The third-order valence-corrected chi connectivity index (χ3v) is 3.73. The normalized spacial score (nSPS) is 27.8. The second kappa shape index (κ2) is 4.16. The van der Waals surface area contributed by atoms with Crippen molar-refractivity contribution in [1.29, 1.82) is 0 Å². The minimum Gasteiger partial charge on any atom is -0.347 e. The van der Waals surface area contributed by atoms with Crippen LogP contribution < -0.4 is 5.32 Å². The fraction of sp³-hybridized carbons (Fsp3) is 0.538. The van der Waals surface area contributed by atoms with E-state index in [4.69, 9.17) is 0 Å². The molecule has 2 nitrogen and oxygen atoms in total. The average Bonchev–Trinajstić information content (AvgIpc) is 2.52. The summed E-state index contributed by atoms with van der Waals surface area (Å²) in [4.78, 5) is 1.96. The molecule has 0 spiro atoms. The number of nitrogens with zero attached hydrogens (tertiary/aromatic N) is 1. The van der Waals surface area contributed by atoms with Crippen molar-refractivity contribution < 1.29 is 13.2 Å². The van der Waals surface area contributed by atoms with E-state index in [1.54, 1.807) is 6.20 Å². The van der Waals surface area contributed by atoms with E-state index in [1.807, 2.05) is 4.90 Å². The number of hydrogen-bond acceptors (Lipinski definition) is 2. The average molecular weight is 256 g/mol. The van der Waals surface area contributed by atoms with Crippen LogP contribution in [0.5, 0.6) is 0 Å². The van der Waals surface area contributed by atoms with E-state index in [1.165, 1.54) is 6.08 Å². The van der Waals surface area contributed by atoms with Crippen LogP contribution in [-0.2, 0) is 0 Å². The first kappa shape index (κ1) is 11.8. The number of nitrogens with one attached hydrogen (secondary N) is 1. The van der Waals surface area contributed by atoms with Crippen LogP contribution in [0.25, 0.3) is 0 Å². The highest BCUT2D eigenvalue weighted by Gasteiger charge is 2.44. The van der Waals surface area contributed by atoms with Gasteiger partial charge in [-0.25, -0.2) is 0 Å². The van der Waals surface area contributed by atoms with E-state index in [2.05, 4.69) is 11.4 Å². The van der Waals surface area contributed by atoms with Crippen molar-refractivity contribution in [3.05, 3.63) is 35.2 Å². The Hall–Kier alpha value is -1.23. The lowest BCUT2D eigenvalue weighted by atomic mass is 9.84. The Morgan fingerprint density at radius 3 is 2.94 bits per heavy atom.